The number of fused-ring (bicyclic) bond motifs is 1. The van der Waals surface area contributed by atoms with E-state index in [1.165, 1.54) is 0 Å². The summed E-state index contributed by atoms with van der Waals surface area (Å²) in [7, 11) is 0. The highest BCUT2D eigenvalue weighted by atomic mass is 79.9. The van der Waals surface area contributed by atoms with Crippen molar-refractivity contribution in [1.82, 2.24) is 5.32 Å². The first-order chi connectivity index (χ1) is 8.66. The molecule has 0 saturated carbocycles. The van der Waals surface area contributed by atoms with Crippen LogP contribution in [0.1, 0.15) is 12.0 Å². The minimum atomic E-state index is -0.223. The molecule has 0 spiro atoms. The summed E-state index contributed by atoms with van der Waals surface area (Å²) in [6.07, 6.45) is 0.698. The number of aryl methyl sites for hydroxylation is 1. The van der Waals surface area contributed by atoms with E-state index in [0.717, 1.165) is 35.2 Å². The molecule has 2 heterocycles. The molecule has 18 heavy (non-hydrogen) atoms. The van der Waals surface area contributed by atoms with Crippen molar-refractivity contribution in [1.29, 1.82) is 0 Å². The summed E-state index contributed by atoms with van der Waals surface area (Å²) in [6, 6.07) is 6.06. The van der Waals surface area contributed by atoms with Crippen molar-refractivity contribution in [3.05, 3.63) is 28.2 Å². The lowest BCUT2D eigenvalue weighted by atomic mass is 10.0. The minimum absolute atomic E-state index is 0.0294. The van der Waals surface area contributed by atoms with Crippen molar-refractivity contribution >= 4 is 27.7 Å². The van der Waals surface area contributed by atoms with Crippen LogP contribution in [0.5, 0.6) is 0 Å². The second-order valence-corrected chi connectivity index (χ2v) is 5.70. The van der Waals surface area contributed by atoms with Gasteiger partial charge >= 0.3 is 6.09 Å². The number of carbonyl (C=O) groups is 1. The number of ether oxygens (including phenoxy) is 1. The normalized spacial score (nSPS) is 27.0. The summed E-state index contributed by atoms with van der Waals surface area (Å²) in [5.74, 6) is 0. The first-order valence-corrected chi connectivity index (χ1v) is 6.93. The standard InChI is InChI=1S/C13H15BrN2O2/c1-8-6-9(14)2-3-10(8)16-11-7-15-5-4-12(11)18-13(16)17/h2-3,6,11-12,15H,4-5,7H2,1H3. The van der Waals surface area contributed by atoms with Gasteiger partial charge in [0.25, 0.3) is 0 Å². The average molecular weight is 311 g/mol. The van der Waals surface area contributed by atoms with E-state index >= 15 is 0 Å². The van der Waals surface area contributed by atoms with Crippen LogP contribution in [0.25, 0.3) is 0 Å². The quantitative estimate of drug-likeness (QED) is 0.866. The third-order valence-electron chi connectivity index (χ3n) is 3.59. The van der Waals surface area contributed by atoms with Gasteiger partial charge < -0.3 is 10.1 Å². The van der Waals surface area contributed by atoms with Crippen LogP contribution in [0, 0.1) is 6.92 Å². The molecule has 0 aliphatic carbocycles. The number of nitrogens with one attached hydrogen (secondary N) is 1. The molecule has 2 atom stereocenters. The number of hydrogen-bond donors (Lipinski definition) is 1. The molecule has 1 N–H and O–H groups in total. The lowest BCUT2D eigenvalue weighted by Gasteiger charge is -2.29. The zero-order valence-corrected chi connectivity index (χ0v) is 11.7. The first-order valence-electron chi connectivity index (χ1n) is 6.13. The van der Waals surface area contributed by atoms with Crippen LogP contribution in [-0.4, -0.2) is 31.3 Å². The van der Waals surface area contributed by atoms with Gasteiger partial charge in [-0.25, -0.2) is 4.79 Å². The van der Waals surface area contributed by atoms with Crippen molar-refractivity contribution in [3.8, 4) is 0 Å². The van der Waals surface area contributed by atoms with Gasteiger partial charge in [0.15, 0.2) is 0 Å². The van der Waals surface area contributed by atoms with Crippen LogP contribution in [0.2, 0.25) is 0 Å². The first kappa shape index (κ1) is 12.0. The molecule has 2 fully saturated rings. The topological polar surface area (TPSA) is 41.6 Å². The Balaban J connectivity index is 1.97. The average Bonchev–Trinajstić information content (AvgIpc) is 2.66. The number of carbonyl (C=O) groups excluding carboxylic acids is 1. The monoisotopic (exact) mass is 310 g/mol. The van der Waals surface area contributed by atoms with E-state index in [2.05, 4.69) is 21.2 Å². The molecule has 4 nitrogen and oxygen atoms in total. The lowest BCUT2D eigenvalue weighted by molar-refractivity contribution is 0.117. The van der Waals surface area contributed by atoms with Gasteiger partial charge in [0, 0.05) is 11.0 Å². The molecule has 0 bridgehead atoms. The van der Waals surface area contributed by atoms with E-state index in [1.54, 1.807) is 4.90 Å². The maximum absolute atomic E-state index is 12.0. The van der Waals surface area contributed by atoms with Crippen molar-refractivity contribution < 1.29 is 9.53 Å². The fourth-order valence-corrected chi connectivity index (χ4v) is 3.18. The van der Waals surface area contributed by atoms with Gasteiger partial charge in [-0.05, 0) is 43.7 Å². The number of halogens is 1. The molecule has 5 heteroatoms. The van der Waals surface area contributed by atoms with Gasteiger partial charge in [0.1, 0.15) is 6.10 Å². The Morgan fingerprint density at radius 1 is 1.50 bits per heavy atom. The highest BCUT2D eigenvalue weighted by Crippen LogP contribution is 2.32. The Labute approximate surface area is 114 Å². The van der Waals surface area contributed by atoms with Gasteiger partial charge in [0.2, 0.25) is 0 Å². The summed E-state index contributed by atoms with van der Waals surface area (Å²) in [4.78, 5) is 13.8. The maximum atomic E-state index is 12.0. The second kappa shape index (κ2) is 4.55. The molecule has 3 rings (SSSR count). The Bertz CT molecular complexity index is 492. The van der Waals surface area contributed by atoms with E-state index in [-0.39, 0.29) is 18.2 Å². The molecule has 96 valence electrons. The molecular weight excluding hydrogens is 296 g/mol. The van der Waals surface area contributed by atoms with Crippen LogP contribution in [-0.2, 0) is 4.74 Å². The summed E-state index contributed by atoms with van der Waals surface area (Å²) >= 11 is 3.44. The van der Waals surface area contributed by atoms with Gasteiger partial charge in [-0.1, -0.05) is 15.9 Å². The third kappa shape index (κ3) is 1.91. The second-order valence-electron chi connectivity index (χ2n) is 4.78. The Kier molecular flexibility index (Phi) is 3.03. The summed E-state index contributed by atoms with van der Waals surface area (Å²) < 4.78 is 6.48. The van der Waals surface area contributed by atoms with Gasteiger partial charge in [0.05, 0.1) is 11.7 Å². The molecule has 2 saturated heterocycles. The van der Waals surface area contributed by atoms with E-state index in [4.69, 9.17) is 4.74 Å². The van der Waals surface area contributed by atoms with Crippen molar-refractivity contribution in [2.45, 2.75) is 25.5 Å². The Hall–Kier alpha value is -1.07. The fraction of sp³-hybridized carbons (Fsp3) is 0.462. The summed E-state index contributed by atoms with van der Waals surface area (Å²) in [6.45, 7) is 3.73. The number of anilines is 1. The maximum Gasteiger partial charge on any atom is 0.415 e. The number of piperidine rings is 1. The van der Waals surface area contributed by atoms with E-state index in [0.29, 0.717) is 0 Å². The van der Waals surface area contributed by atoms with Crippen LogP contribution < -0.4 is 10.2 Å². The van der Waals surface area contributed by atoms with Crippen molar-refractivity contribution in [3.63, 3.8) is 0 Å². The number of hydrogen-bond acceptors (Lipinski definition) is 3. The molecule has 2 aliphatic rings. The van der Waals surface area contributed by atoms with E-state index in [1.807, 2.05) is 25.1 Å². The van der Waals surface area contributed by atoms with E-state index < -0.39 is 0 Å². The third-order valence-corrected chi connectivity index (χ3v) is 4.08. The number of benzene rings is 1. The van der Waals surface area contributed by atoms with Crippen LogP contribution in [0.15, 0.2) is 22.7 Å². The fourth-order valence-electron chi connectivity index (χ4n) is 2.70. The molecule has 0 radical (unpaired) electrons. The predicted octanol–water partition coefficient (Wildman–Crippen LogP) is 2.44. The zero-order chi connectivity index (χ0) is 12.7. The Morgan fingerprint density at radius 2 is 2.33 bits per heavy atom. The smallest absolute Gasteiger partial charge is 0.415 e. The predicted molar refractivity (Wildman–Crippen MR) is 72.9 cm³/mol. The number of rotatable bonds is 1. The molecule has 1 amide bonds. The van der Waals surface area contributed by atoms with E-state index in [9.17, 15) is 4.79 Å². The molecule has 0 aromatic heterocycles. The van der Waals surface area contributed by atoms with Crippen LogP contribution >= 0.6 is 15.9 Å². The number of nitrogens with zero attached hydrogens (tertiary/aromatic N) is 1. The number of amides is 1. The van der Waals surface area contributed by atoms with Crippen LogP contribution in [0.3, 0.4) is 0 Å². The van der Waals surface area contributed by atoms with Crippen LogP contribution in [0.4, 0.5) is 10.5 Å². The molecule has 2 unspecified atom stereocenters. The Morgan fingerprint density at radius 3 is 3.11 bits per heavy atom. The highest BCUT2D eigenvalue weighted by Gasteiger charge is 2.44. The molecule has 1 aromatic carbocycles. The molecule has 1 aromatic rings. The summed E-state index contributed by atoms with van der Waals surface area (Å²) in [5.41, 5.74) is 2.02. The van der Waals surface area contributed by atoms with Gasteiger partial charge in [-0.3, -0.25) is 4.90 Å². The molecule has 2 aliphatic heterocycles. The largest absolute Gasteiger partial charge is 0.444 e. The summed E-state index contributed by atoms with van der Waals surface area (Å²) in [5, 5.41) is 3.32. The zero-order valence-electron chi connectivity index (χ0n) is 10.1. The molecular formula is C13H15BrN2O2. The lowest BCUT2D eigenvalue weighted by Crippen LogP contribution is -2.49. The van der Waals surface area contributed by atoms with Gasteiger partial charge in [-0.15, -0.1) is 0 Å². The SMILES string of the molecule is Cc1cc(Br)ccc1N1C(=O)OC2CCNCC21. The van der Waals surface area contributed by atoms with Crippen molar-refractivity contribution in [2.24, 2.45) is 0 Å². The minimum Gasteiger partial charge on any atom is -0.444 e. The van der Waals surface area contributed by atoms with Gasteiger partial charge in [-0.2, -0.15) is 0 Å². The van der Waals surface area contributed by atoms with Crippen molar-refractivity contribution in [2.75, 3.05) is 18.0 Å². The highest BCUT2D eigenvalue weighted by molar-refractivity contribution is 9.10.